The number of ketones is 1. The Bertz CT molecular complexity index is 1020. The van der Waals surface area contributed by atoms with Gasteiger partial charge in [0.1, 0.15) is 18.1 Å². The van der Waals surface area contributed by atoms with Gasteiger partial charge in [0.15, 0.2) is 5.78 Å². The van der Waals surface area contributed by atoms with Gasteiger partial charge < -0.3 is 31.5 Å². The van der Waals surface area contributed by atoms with Crippen LogP contribution in [-0.2, 0) is 35.2 Å². The van der Waals surface area contributed by atoms with Crippen LogP contribution in [0.15, 0.2) is 30.3 Å². The van der Waals surface area contributed by atoms with E-state index < -0.39 is 78.0 Å². The Morgan fingerprint density at radius 2 is 1.38 bits per heavy atom. The molecule has 0 heterocycles. The molecule has 0 radical (unpaired) electrons. The SMILES string of the molecule is CC(=O)NC(Cc1ccccc1)C(=O)NC(CC(C)C)C(=O)NC(C(=O)NC(CC(=O)O)C(=O)CCl)C(C)O. The van der Waals surface area contributed by atoms with Crippen molar-refractivity contribution < 1.29 is 39.0 Å². The molecule has 1 aromatic rings. The number of aliphatic carboxylic acids is 1. The normalized spacial score (nSPS) is 14.7. The minimum atomic E-state index is -1.57. The summed E-state index contributed by atoms with van der Waals surface area (Å²) in [5, 5.41) is 29.0. The third kappa shape index (κ3) is 12.3. The number of carbonyl (C=O) groups excluding carboxylic acids is 5. The number of alkyl halides is 1. The molecule has 0 aliphatic rings. The summed E-state index contributed by atoms with van der Waals surface area (Å²) in [7, 11) is 0. The average molecular weight is 569 g/mol. The Kier molecular flexibility index (Phi) is 14.1. The molecule has 0 spiro atoms. The van der Waals surface area contributed by atoms with Gasteiger partial charge in [-0.25, -0.2) is 0 Å². The zero-order chi connectivity index (χ0) is 29.7. The number of halogens is 1. The summed E-state index contributed by atoms with van der Waals surface area (Å²) in [4.78, 5) is 74.0. The summed E-state index contributed by atoms with van der Waals surface area (Å²) in [5.41, 5.74) is 0.782. The van der Waals surface area contributed by atoms with E-state index in [1.54, 1.807) is 24.3 Å². The van der Waals surface area contributed by atoms with E-state index in [2.05, 4.69) is 21.3 Å². The van der Waals surface area contributed by atoms with Gasteiger partial charge in [0, 0.05) is 13.3 Å². The minimum absolute atomic E-state index is 0.0745. The van der Waals surface area contributed by atoms with Crippen molar-refractivity contribution in [3.8, 4) is 0 Å². The Balaban J connectivity index is 3.09. The second kappa shape index (κ2) is 16.5. The largest absolute Gasteiger partial charge is 0.481 e. The molecule has 12 nitrogen and oxygen atoms in total. The first-order chi connectivity index (χ1) is 18.2. The van der Waals surface area contributed by atoms with Crippen molar-refractivity contribution in [2.24, 2.45) is 5.92 Å². The first-order valence-electron chi connectivity index (χ1n) is 12.5. The second-order valence-corrected chi connectivity index (χ2v) is 9.89. The fourth-order valence-corrected chi connectivity index (χ4v) is 3.90. The molecule has 5 atom stereocenters. The fourth-order valence-electron chi connectivity index (χ4n) is 3.71. The number of aliphatic hydroxyl groups excluding tert-OH is 1. The lowest BCUT2D eigenvalue weighted by atomic mass is 10.00. The van der Waals surface area contributed by atoms with Crippen LogP contribution >= 0.6 is 11.6 Å². The molecule has 0 saturated heterocycles. The molecule has 1 rings (SSSR count). The summed E-state index contributed by atoms with van der Waals surface area (Å²) >= 11 is 5.51. The van der Waals surface area contributed by atoms with Gasteiger partial charge in [0.25, 0.3) is 0 Å². The van der Waals surface area contributed by atoms with E-state index in [1.165, 1.54) is 13.8 Å². The van der Waals surface area contributed by atoms with Crippen molar-refractivity contribution in [2.75, 3.05) is 5.88 Å². The van der Waals surface area contributed by atoms with Crippen LogP contribution in [0, 0.1) is 5.92 Å². The number of hydrogen-bond donors (Lipinski definition) is 6. The van der Waals surface area contributed by atoms with E-state index in [1.807, 2.05) is 19.9 Å². The number of aliphatic hydroxyl groups is 1. The van der Waals surface area contributed by atoms with Crippen LogP contribution in [-0.4, -0.2) is 81.7 Å². The number of carboxylic acid groups (broad SMARTS) is 1. The first kappa shape index (κ1) is 33.5. The van der Waals surface area contributed by atoms with Gasteiger partial charge in [-0.1, -0.05) is 44.2 Å². The lowest BCUT2D eigenvalue weighted by molar-refractivity contribution is -0.140. The number of rotatable bonds is 16. The summed E-state index contributed by atoms with van der Waals surface area (Å²) in [5.74, 6) is -5.60. The quantitative estimate of drug-likeness (QED) is 0.149. The third-order valence-electron chi connectivity index (χ3n) is 5.59. The molecule has 6 N–H and O–H groups in total. The molecule has 216 valence electrons. The number of carbonyl (C=O) groups is 6. The monoisotopic (exact) mass is 568 g/mol. The highest BCUT2D eigenvalue weighted by Gasteiger charge is 2.34. The first-order valence-corrected chi connectivity index (χ1v) is 13.0. The van der Waals surface area contributed by atoms with E-state index >= 15 is 0 Å². The molecule has 39 heavy (non-hydrogen) atoms. The van der Waals surface area contributed by atoms with Crippen LogP contribution in [0.5, 0.6) is 0 Å². The Morgan fingerprint density at radius 3 is 1.87 bits per heavy atom. The molecular formula is C26H37ClN4O8. The van der Waals surface area contributed by atoms with Crippen molar-refractivity contribution in [3.63, 3.8) is 0 Å². The highest BCUT2D eigenvalue weighted by Crippen LogP contribution is 2.09. The summed E-state index contributed by atoms with van der Waals surface area (Å²) in [6, 6.07) is 3.81. The van der Waals surface area contributed by atoms with Gasteiger partial charge in [-0.05, 0) is 24.8 Å². The van der Waals surface area contributed by atoms with E-state index in [0.29, 0.717) is 0 Å². The zero-order valence-electron chi connectivity index (χ0n) is 22.4. The van der Waals surface area contributed by atoms with Crippen LogP contribution in [0.4, 0.5) is 0 Å². The highest BCUT2D eigenvalue weighted by atomic mass is 35.5. The van der Waals surface area contributed by atoms with E-state index in [-0.39, 0.29) is 18.8 Å². The number of benzene rings is 1. The maximum atomic E-state index is 13.2. The van der Waals surface area contributed by atoms with Gasteiger partial charge in [-0.2, -0.15) is 0 Å². The molecule has 0 fully saturated rings. The average Bonchev–Trinajstić information content (AvgIpc) is 2.84. The predicted molar refractivity (Wildman–Crippen MR) is 143 cm³/mol. The van der Waals surface area contributed by atoms with E-state index in [9.17, 15) is 33.9 Å². The van der Waals surface area contributed by atoms with Crippen LogP contribution in [0.3, 0.4) is 0 Å². The molecule has 1 aromatic carbocycles. The molecule has 4 amide bonds. The van der Waals surface area contributed by atoms with Crippen molar-refractivity contribution in [3.05, 3.63) is 35.9 Å². The maximum absolute atomic E-state index is 13.2. The summed E-state index contributed by atoms with van der Waals surface area (Å²) < 4.78 is 0. The third-order valence-corrected chi connectivity index (χ3v) is 5.86. The lowest BCUT2D eigenvalue weighted by Gasteiger charge is -2.28. The zero-order valence-corrected chi connectivity index (χ0v) is 23.2. The van der Waals surface area contributed by atoms with Gasteiger partial charge in [0.2, 0.25) is 23.6 Å². The molecular weight excluding hydrogens is 532 g/mol. The van der Waals surface area contributed by atoms with Gasteiger partial charge in [-0.3, -0.25) is 28.8 Å². The number of nitrogens with one attached hydrogen (secondary N) is 4. The van der Waals surface area contributed by atoms with Crippen molar-refractivity contribution in [1.29, 1.82) is 0 Å². The number of amides is 4. The molecule has 0 saturated carbocycles. The molecule has 0 bridgehead atoms. The van der Waals surface area contributed by atoms with E-state index in [4.69, 9.17) is 16.7 Å². The Morgan fingerprint density at radius 1 is 0.821 bits per heavy atom. The van der Waals surface area contributed by atoms with E-state index in [0.717, 1.165) is 5.56 Å². The summed E-state index contributed by atoms with van der Waals surface area (Å²) in [6.07, 6.45) is -1.85. The van der Waals surface area contributed by atoms with Crippen molar-refractivity contribution in [1.82, 2.24) is 21.3 Å². The highest BCUT2D eigenvalue weighted by molar-refractivity contribution is 6.28. The van der Waals surface area contributed by atoms with Crippen LogP contribution in [0.1, 0.15) is 46.1 Å². The van der Waals surface area contributed by atoms with Crippen molar-refractivity contribution >= 4 is 47.0 Å². The van der Waals surface area contributed by atoms with Gasteiger partial charge in [-0.15, -0.1) is 11.6 Å². The number of carboxylic acids is 1. The smallest absolute Gasteiger partial charge is 0.305 e. The molecule has 0 aliphatic heterocycles. The fraction of sp³-hybridized carbons (Fsp3) is 0.538. The number of hydrogen-bond acceptors (Lipinski definition) is 7. The number of Topliss-reactive ketones (excluding diaryl/α,β-unsaturated/α-hetero) is 1. The molecule has 0 aromatic heterocycles. The standard InChI is InChI=1S/C26H37ClN4O8/c1-14(2)10-19(30-24(37)20(28-16(4)33)11-17-8-6-5-7-9-17)25(38)31-23(15(3)32)26(39)29-18(12-22(35)36)21(34)13-27/h5-9,14-15,18-20,23,32H,10-13H2,1-4H3,(H,28,33)(H,29,39)(H,30,37)(H,31,38)(H,35,36). The van der Waals surface area contributed by atoms with Gasteiger partial charge >= 0.3 is 5.97 Å². The maximum Gasteiger partial charge on any atom is 0.305 e. The van der Waals surface area contributed by atoms with Crippen LogP contribution in [0.2, 0.25) is 0 Å². The van der Waals surface area contributed by atoms with Crippen LogP contribution < -0.4 is 21.3 Å². The van der Waals surface area contributed by atoms with Crippen molar-refractivity contribution in [2.45, 2.75) is 77.2 Å². The van der Waals surface area contributed by atoms with Gasteiger partial charge in [0.05, 0.1) is 24.4 Å². The Hall–Kier alpha value is -3.51. The lowest BCUT2D eigenvalue weighted by Crippen LogP contribution is -2.60. The molecule has 0 aliphatic carbocycles. The Labute approximate surface area is 232 Å². The molecule has 5 unspecified atom stereocenters. The predicted octanol–water partition coefficient (Wildman–Crippen LogP) is -0.102. The topological polar surface area (TPSA) is 191 Å². The van der Waals surface area contributed by atoms with Crippen LogP contribution in [0.25, 0.3) is 0 Å². The minimum Gasteiger partial charge on any atom is -0.481 e. The summed E-state index contributed by atoms with van der Waals surface area (Å²) in [6.45, 7) is 6.12. The molecule has 13 heteroatoms. The second-order valence-electron chi connectivity index (χ2n) is 9.62.